The molecule has 0 aliphatic rings. The number of carbonyl (C=O) groups is 1. The zero-order chi connectivity index (χ0) is 20.5. The molecule has 0 bridgehead atoms. The molecule has 4 rings (SSSR count). The summed E-state index contributed by atoms with van der Waals surface area (Å²) in [6, 6.07) is 13.1. The van der Waals surface area contributed by atoms with E-state index in [-0.39, 0.29) is 18.0 Å². The molecule has 6 nitrogen and oxygen atoms in total. The van der Waals surface area contributed by atoms with E-state index in [1.54, 1.807) is 17.0 Å². The van der Waals surface area contributed by atoms with Gasteiger partial charge in [-0.25, -0.2) is 9.97 Å². The Labute approximate surface area is 179 Å². The average molecular weight is 469 g/mol. The zero-order valence-electron chi connectivity index (χ0n) is 15.8. The maximum Gasteiger partial charge on any atom is 0.261 e. The largest absolute Gasteiger partial charge is 0.293 e. The molecule has 0 aliphatic carbocycles. The monoisotopic (exact) mass is 468 g/mol. The second-order valence-corrected chi connectivity index (χ2v) is 8.41. The van der Waals surface area contributed by atoms with Gasteiger partial charge in [0.25, 0.3) is 5.56 Å². The van der Waals surface area contributed by atoms with Gasteiger partial charge in [0.15, 0.2) is 5.13 Å². The summed E-state index contributed by atoms with van der Waals surface area (Å²) >= 11 is 4.76. The SMILES string of the molecule is CC(=O)N(c1cccc(C)c1)c1nc(Cn2cnc3ccc(Br)cc3c2=O)cs1. The number of nitrogens with zero attached hydrogens (tertiary/aromatic N) is 4. The van der Waals surface area contributed by atoms with Gasteiger partial charge in [0.1, 0.15) is 0 Å². The molecular formula is C21H17BrN4O2S. The summed E-state index contributed by atoms with van der Waals surface area (Å²) in [5.41, 5.74) is 3.05. The quantitative estimate of drug-likeness (QED) is 0.436. The van der Waals surface area contributed by atoms with E-state index in [4.69, 9.17) is 0 Å². The van der Waals surface area contributed by atoms with Gasteiger partial charge in [-0.15, -0.1) is 11.3 Å². The summed E-state index contributed by atoms with van der Waals surface area (Å²) < 4.78 is 2.35. The number of halogens is 1. The molecule has 0 unspecified atom stereocenters. The predicted octanol–water partition coefficient (Wildman–Crippen LogP) is 4.66. The Balaban J connectivity index is 1.67. The van der Waals surface area contributed by atoms with Crippen molar-refractivity contribution in [3.05, 3.63) is 80.3 Å². The lowest BCUT2D eigenvalue weighted by Gasteiger charge is -2.18. The molecule has 0 N–H and O–H groups in total. The Hall–Kier alpha value is -2.84. The molecule has 0 radical (unpaired) electrons. The maximum absolute atomic E-state index is 12.8. The fraction of sp³-hybridized carbons (Fsp3) is 0.143. The topological polar surface area (TPSA) is 68.1 Å². The highest BCUT2D eigenvalue weighted by Gasteiger charge is 2.18. The third-order valence-corrected chi connectivity index (χ3v) is 5.79. The molecule has 4 aromatic rings. The highest BCUT2D eigenvalue weighted by atomic mass is 79.9. The van der Waals surface area contributed by atoms with Gasteiger partial charge in [0, 0.05) is 16.8 Å². The van der Waals surface area contributed by atoms with E-state index >= 15 is 0 Å². The van der Waals surface area contributed by atoms with Gasteiger partial charge >= 0.3 is 0 Å². The van der Waals surface area contributed by atoms with E-state index in [9.17, 15) is 9.59 Å². The van der Waals surface area contributed by atoms with Crippen LogP contribution in [0.25, 0.3) is 10.9 Å². The predicted molar refractivity (Wildman–Crippen MR) is 119 cm³/mol. The Morgan fingerprint density at radius 2 is 2.07 bits per heavy atom. The first-order valence-electron chi connectivity index (χ1n) is 8.89. The molecule has 0 aliphatic heterocycles. The summed E-state index contributed by atoms with van der Waals surface area (Å²) in [5, 5.41) is 2.98. The Bertz CT molecular complexity index is 1280. The van der Waals surface area contributed by atoms with E-state index < -0.39 is 0 Å². The van der Waals surface area contributed by atoms with Crippen LogP contribution in [0.3, 0.4) is 0 Å². The zero-order valence-corrected chi connectivity index (χ0v) is 18.2. The van der Waals surface area contributed by atoms with Gasteiger partial charge in [-0.2, -0.15) is 0 Å². The second-order valence-electron chi connectivity index (χ2n) is 6.65. The summed E-state index contributed by atoms with van der Waals surface area (Å²) in [6.45, 7) is 3.77. The molecule has 1 amide bonds. The van der Waals surface area contributed by atoms with Crippen LogP contribution in [-0.4, -0.2) is 20.4 Å². The highest BCUT2D eigenvalue weighted by molar-refractivity contribution is 9.10. The number of amides is 1. The van der Waals surface area contributed by atoms with Crippen molar-refractivity contribution in [3.63, 3.8) is 0 Å². The summed E-state index contributed by atoms with van der Waals surface area (Å²) in [5.74, 6) is -0.120. The van der Waals surface area contributed by atoms with Gasteiger partial charge in [-0.1, -0.05) is 28.1 Å². The van der Waals surface area contributed by atoms with Crippen LogP contribution in [0, 0.1) is 6.92 Å². The van der Waals surface area contributed by atoms with Gasteiger partial charge in [-0.05, 0) is 42.8 Å². The van der Waals surface area contributed by atoms with Crippen LogP contribution in [0.1, 0.15) is 18.2 Å². The number of thiazole rings is 1. The minimum Gasteiger partial charge on any atom is -0.293 e. The van der Waals surface area contributed by atoms with Crippen LogP contribution in [-0.2, 0) is 11.3 Å². The number of benzene rings is 2. The maximum atomic E-state index is 12.8. The first-order chi connectivity index (χ1) is 13.9. The number of anilines is 2. The van der Waals surface area contributed by atoms with Gasteiger partial charge < -0.3 is 0 Å². The van der Waals surface area contributed by atoms with Gasteiger partial charge in [-0.3, -0.25) is 19.1 Å². The molecule has 2 aromatic carbocycles. The summed E-state index contributed by atoms with van der Waals surface area (Å²) in [7, 11) is 0. The number of hydrogen-bond donors (Lipinski definition) is 0. The number of rotatable bonds is 4. The molecule has 0 fully saturated rings. The Morgan fingerprint density at radius 1 is 1.24 bits per heavy atom. The van der Waals surface area contributed by atoms with Crippen LogP contribution in [0.5, 0.6) is 0 Å². The number of aryl methyl sites for hydroxylation is 1. The van der Waals surface area contributed by atoms with Crippen molar-refractivity contribution in [2.75, 3.05) is 4.90 Å². The first kappa shape index (κ1) is 19.5. The number of fused-ring (bicyclic) bond motifs is 1. The lowest BCUT2D eigenvalue weighted by atomic mass is 10.2. The Morgan fingerprint density at radius 3 is 2.83 bits per heavy atom. The normalized spacial score (nSPS) is 11.0. The molecular weight excluding hydrogens is 452 g/mol. The highest BCUT2D eigenvalue weighted by Crippen LogP contribution is 2.29. The van der Waals surface area contributed by atoms with Crippen molar-refractivity contribution in [2.24, 2.45) is 0 Å². The molecule has 146 valence electrons. The van der Waals surface area contributed by atoms with Crippen molar-refractivity contribution < 1.29 is 4.79 Å². The summed E-state index contributed by atoms with van der Waals surface area (Å²) in [6.07, 6.45) is 1.53. The number of aromatic nitrogens is 3. The van der Waals surface area contributed by atoms with E-state index in [0.29, 0.717) is 21.7 Å². The van der Waals surface area contributed by atoms with Crippen LogP contribution in [0.2, 0.25) is 0 Å². The smallest absolute Gasteiger partial charge is 0.261 e. The van der Waals surface area contributed by atoms with Crippen LogP contribution in [0.15, 0.2) is 63.4 Å². The molecule has 29 heavy (non-hydrogen) atoms. The summed E-state index contributed by atoms with van der Waals surface area (Å²) in [4.78, 5) is 35.6. The first-order valence-corrected chi connectivity index (χ1v) is 10.6. The molecule has 0 saturated heterocycles. The van der Waals surface area contributed by atoms with Crippen molar-refractivity contribution >= 4 is 54.9 Å². The lowest BCUT2D eigenvalue weighted by molar-refractivity contribution is -0.115. The van der Waals surface area contributed by atoms with Crippen molar-refractivity contribution in [2.45, 2.75) is 20.4 Å². The molecule has 0 atom stereocenters. The third-order valence-electron chi connectivity index (χ3n) is 4.42. The van der Waals surface area contributed by atoms with Crippen LogP contribution >= 0.6 is 27.3 Å². The molecule has 8 heteroatoms. The van der Waals surface area contributed by atoms with Crippen molar-refractivity contribution in [1.82, 2.24) is 14.5 Å². The number of carbonyl (C=O) groups excluding carboxylic acids is 1. The van der Waals surface area contributed by atoms with Gasteiger partial charge in [0.05, 0.1) is 35.2 Å². The van der Waals surface area contributed by atoms with Gasteiger partial charge in [0.2, 0.25) is 5.91 Å². The third kappa shape index (κ3) is 3.99. The fourth-order valence-corrected chi connectivity index (χ4v) is 4.32. The van der Waals surface area contributed by atoms with Crippen LogP contribution < -0.4 is 10.5 Å². The van der Waals surface area contributed by atoms with Crippen molar-refractivity contribution in [1.29, 1.82) is 0 Å². The molecule has 2 heterocycles. The molecule has 0 saturated carbocycles. The standard InChI is InChI=1S/C21H17BrN4O2S/c1-13-4-3-5-17(8-13)26(14(2)27)21-24-16(11-29-21)10-25-12-23-19-7-6-15(22)9-18(19)20(25)28/h3-9,11-12H,10H2,1-2H3. The second kappa shape index (κ2) is 7.88. The van der Waals surface area contributed by atoms with Crippen LogP contribution in [0.4, 0.5) is 10.8 Å². The minimum atomic E-state index is -0.132. The molecule has 2 aromatic heterocycles. The van der Waals surface area contributed by atoms with E-state index in [1.807, 2.05) is 42.6 Å². The Kier molecular flexibility index (Phi) is 5.29. The van der Waals surface area contributed by atoms with E-state index in [0.717, 1.165) is 15.7 Å². The van der Waals surface area contributed by atoms with E-state index in [1.165, 1.54) is 29.2 Å². The average Bonchev–Trinajstić information content (AvgIpc) is 3.12. The minimum absolute atomic E-state index is 0.120. The fourth-order valence-electron chi connectivity index (χ4n) is 3.08. The lowest BCUT2D eigenvalue weighted by Crippen LogP contribution is -2.23. The molecule has 0 spiro atoms. The van der Waals surface area contributed by atoms with Crippen molar-refractivity contribution in [3.8, 4) is 0 Å². The number of hydrogen-bond acceptors (Lipinski definition) is 5. The van der Waals surface area contributed by atoms with E-state index in [2.05, 4.69) is 25.9 Å².